The molecule has 1 aromatic heterocycles. The maximum absolute atomic E-state index is 12.5. The van der Waals surface area contributed by atoms with Gasteiger partial charge in [-0.2, -0.15) is 5.26 Å². The normalized spacial score (nSPS) is 10.0. The van der Waals surface area contributed by atoms with E-state index in [0.29, 0.717) is 0 Å². The number of pyridine rings is 1. The molecule has 16 heavy (non-hydrogen) atoms. The Bertz CT molecular complexity index is 471. The third kappa shape index (κ3) is 2.33. The largest absolute Gasteiger partial charge is 0.464 e. The van der Waals surface area contributed by atoms with Crippen molar-refractivity contribution in [3.8, 4) is 6.07 Å². The van der Waals surface area contributed by atoms with Crippen LogP contribution in [0.5, 0.6) is 0 Å². The molecule has 0 amide bonds. The Morgan fingerprint density at radius 2 is 2.31 bits per heavy atom. The Morgan fingerprint density at radius 1 is 1.69 bits per heavy atom. The summed E-state index contributed by atoms with van der Waals surface area (Å²) in [5.41, 5.74) is -1.22. The van der Waals surface area contributed by atoms with Gasteiger partial charge in [0.2, 0.25) is 0 Å². The van der Waals surface area contributed by atoms with Crippen LogP contribution in [-0.2, 0) is 4.74 Å². The Labute approximate surface area is 98.0 Å². The minimum Gasteiger partial charge on any atom is -0.464 e. The number of carbonyl (C=O) groups excluding carboxylic acids is 1. The van der Waals surface area contributed by atoms with Crippen molar-refractivity contribution in [3.05, 3.63) is 27.5 Å². The van der Waals surface area contributed by atoms with E-state index >= 15 is 0 Å². The summed E-state index contributed by atoms with van der Waals surface area (Å²) in [5.74, 6) is -0.802. The Hall–Kier alpha value is -1.55. The van der Waals surface area contributed by atoms with Crippen molar-refractivity contribution in [1.29, 1.82) is 5.26 Å². The van der Waals surface area contributed by atoms with E-state index < -0.39 is 23.7 Å². The number of aromatic nitrogens is 1. The summed E-state index contributed by atoms with van der Waals surface area (Å²) < 4.78 is 29.4. The van der Waals surface area contributed by atoms with E-state index in [2.05, 4.69) is 25.7 Å². The smallest absolute Gasteiger partial charge is 0.357 e. The lowest BCUT2D eigenvalue weighted by atomic mass is 10.2. The van der Waals surface area contributed by atoms with Crippen molar-refractivity contribution in [2.75, 3.05) is 7.11 Å². The number of ether oxygens (including phenoxy) is 1. The van der Waals surface area contributed by atoms with E-state index in [1.165, 1.54) is 6.07 Å². The number of rotatable bonds is 2. The van der Waals surface area contributed by atoms with Crippen LogP contribution >= 0.6 is 15.9 Å². The lowest BCUT2D eigenvalue weighted by Gasteiger charge is -2.06. The summed E-state index contributed by atoms with van der Waals surface area (Å²) in [6, 6.07) is 2.49. The molecule has 0 aliphatic carbocycles. The van der Waals surface area contributed by atoms with Gasteiger partial charge in [0.15, 0.2) is 5.69 Å². The molecule has 0 N–H and O–H groups in total. The van der Waals surface area contributed by atoms with Gasteiger partial charge in [0, 0.05) is 0 Å². The molecule has 0 bridgehead atoms. The van der Waals surface area contributed by atoms with Gasteiger partial charge in [0.05, 0.1) is 17.1 Å². The predicted octanol–water partition coefficient (Wildman–Crippen LogP) is 2.44. The average Bonchev–Trinajstić information content (AvgIpc) is 2.27. The number of esters is 1. The molecule has 0 fully saturated rings. The van der Waals surface area contributed by atoms with Crippen LogP contribution < -0.4 is 0 Å². The fourth-order valence-electron chi connectivity index (χ4n) is 0.999. The molecule has 84 valence electrons. The molecule has 1 rings (SSSR count). The van der Waals surface area contributed by atoms with Crippen molar-refractivity contribution in [1.82, 2.24) is 4.98 Å². The molecule has 7 heteroatoms. The van der Waals surface area contributed by atoms with E-state index in [4.69, 9.17) is 5.26 Å². The Kier molecular flexibility index (Phi) is 3.90. The monoisotopic (exact) mass is 290 g/mol. The molecule has 1 aromatic rings. The molecular weight excluding hydrogens is 286 g/mol. The molecule has 0 saturated heterocycles. The van der Waals surface area contributed by atoms with E-state index in [0.717, 1.165) is 13.2 Å². The van der Waals surface area contributed by atoms with Gasteiger partial charge in [-0.1, -0.05) is 0 Å². The lowest BCUT2D eigenvalue weighted by molar-refractivity contribution is 0.0592. The van der Waals surface area contributed by atoms with Crippen LogP contribution in [0.25, 0.3) is 0 Å². The summed E-state index contributed by atoms with van der Waals surface area (Å²) in [7, 11) is 1.13. The summed E-state index contributed by atoms with van der Waals surface area (Å²) in [4.78, 5) is 14.7. The Balaban J connectivity index is 3.38. The minimum absolute atomic E-state index is 0.0636. The van der Waals surface area contributed by atoms with Crippen LogP contribution in [0.4, 0.5) is 8.78 Å². The first kappa shape index (κ1) is 12.5. The number of methoxy groups -OCH3 is 1. The second kappa shape index (κ2) is 4.99. The number of alkyl halides is 2. The second-order valence-corrected chi connectivity index (χ2v) is 3.52. The number of halogens is 3. The summed E-state index contributed by atoms with van der Waals surface area (Å²) in [5, 5.41) is 8.62. The van der Waals surface area contributed by atoms with Crippen molar-refractivity contribution in [2.45, 2.75) is 6.43 Å². The molecule has 0 atom stereocenters. The van der Waals surface area contributed by atoms with Gasteiger partial charge >= 0.3 is 5.97 Å². The molecular formula is C9H5BrF2N2O2. The number of nitrogens with zero attached hydrogens (tertiary/aromatic N) is 2. The summed E-state index contributed by atoms with van der Waals surface area (Å²) in [6.07, 6.45) is -2.83. The third-order valence-corrected chi connectivity index (χ3v) is 2.33. The first-order valence-corrected chi connectivity index (χ1v) is 4.77. The van der Waals surface area contributed by atoms with Crippen LogP contribution in [0.1, 0.15) is 28.2 Å². The molecule has 0 radical (unpaired) electrons. The van der Waals surface area contributed by atoms with Crippen molar-refractivity contribution < 1.29 is 18.3 Å². The zero-order chi connectivity index (χ0) is 12.3. The van der Waals surface area contributed by atoms with Crippen molar-refractivity contribution in [2.24, 2.45) is 0 Å². The van der Waals surface area contributed by atoms with Gasteiger partial charge in [-0.05, 0) is 22.0 Å². The maximum Gasteiger partial charge on any atom is 0.357 e. The van der Waals surface area contributed by atoms with E-state index in [-0.39, 0.29) is 10.2 Å². The average molecular weight is 291 g/mol. The zero-order valence-electron chi connectivity index (χ0n) is 8.00. The van der Waals surface area contributed by atoms with Gasteiger partial charge in [0.1, 0.15) is 11.8 Å². The van der Waals surface area contributed by atoms with E-state index in [1.54, 1.807) is 0 Å². The molecule has 0 saturated carbocycles. The summed E-state index contributed by atoms with van der Waals surface area (Å²) in [6.45, 7) is 0. The number of hydrogen-bond acceptors (Lipinski definition) is 4. The van der Waals surface area contributed by atoms with Gasteiger partial charge < -0.3 is 4.74 Å². The topological polar surface area (TPSA) is 63.0 Å². The third-order valence-electron chi connectivity index (χ3n) is 1.73. The zero-order valence-corrected chi connectivity index (χ0v) is 9.59. The van der Waals surface area contributed by atoms with Crippen LogP contribution in [0.2, 0.25) is 0 Å². The van der Waals surface area contributed by atoms with E-state index in [1.807, 2.05) is 0 Å². The van der Waals surface area contributed by atoms with Gasteiger partial charge in [-0.15, -0.1) is 0 Å². The highest BCUT2D eigenvalue weighted by atomic mass is 79.9. The first-order chi connectivity index (χ1) is 7.51. The highest BCUT2D eigenvalue weighted by molar-refractivity contribution is 9.10. The summed E-state index contributed by atoms with van der Waals surface area (Å²) >= 11 is 2.91. The van der Waals surface area contributed by atoms with Gasteiger partial charge in [-0.25, -0.2) is 18.6 Å². The fraction of sp³-hybridized carbons (Fsp3) is 0.222. The van der Waals surface area contributed by atoms with Crippen molar-refractivity contribution >= 4 is 21.9 Å². The molecule has 1 heterocycles. The van der Waals surface area contributed by atoms with Crippen LogP contribution in [0.3, 0.4) is 0 Å². The van der Waals surface area contributed by atoms with Gasteiger partial charge in [0.25, 0.3) is 6.43 Å². The van der Waals surface area contributed by atoms with Crippen molar-refractivity contribution in [3.63, 3.8) is 0 Å². The Morgan fingerprint density at radius 3 is 2.75 bits per heavy atom. The van der Waals surface area contributed by atoms with Crippen LogP contribution in [0, 0.1) is 11.3 Å². The predicted molar refractivity (Wildman–Crippen MR) is 52.9 cm³/mol. The number of hydrogen-bond donors (Lipinski definition) is 0. The maximum atomic E-state index is 12.5. The van der Waals surface area contributed by atoms with Gasteiger partial charge in [-0.3, -0.25) is 0 Å². The first-order valence-electron chi connectivity index (χ1n) is 3.98. The second-order valence-electron chi connectivity index (χ2n) is 2.66. The fourth-order valence-corrected chi connectivity index (χ4v) is 1.50. The minimum atomic E-state index is -2.83. The quantitative estimate of drug-likeness (QED) is 0.785. The molecule has 0 aliphatic rings. The standard InChI is InChI=1S/C9H5BrF2N2O2/c1-16-9(15)7-5(10)2-4(8(11)12)6(3-13)14-7/h2,8H,1H3. The van der Waals surface area contributed by atoms with Crippen LogP contribution in [0.15, 0.2) is 10.5 Å². The molecule has 0 aliphatic heterocycles. The highest BCUT2D eigenvalue weighted by Gasteiger charge is 2.21. The molecule has 4 nitrogen and oxygen atoms in total. The molecule has 0 spiro atoms. The number of nitriles is 1. The van der Waals surface area contributed by atoms with Crippen LogP contribution in [-0.4, -0.2) is 18.1 Å². The van der Waals surface area contributed by atoms with E-state index in [9.17, 15) is 13.6 Å². The SMILES string of the molecule is COC(=O)c1nc(C#N)c(C(F)F)cc1Br. The highest BCUT2D eigenvalue weighted by Crippen LogP contribution is 2.27. The molecule has 0 aromatic carbocycles. The lowest BCUT2D eigenvalue weighted by Crippen LogP contribution is -2.08. The molecule has 0 unspecified atom stereocenters. The number of carbonyl (C=O) groups is 1.